The van der Waals surface area contributed by atoms with Gasteiger partial charge in [-0.3, -0.25) is 0 Å². The van der Waals surface area contributed by atoms with Crippen molar-refractivity contribution in [2.24, 2.45) is 11.8 Å². The van der Waals surface area contributed by atoms with Crippen LogP contribution in [0.5, 0.6) is 0 Å². The van der Waals surface area contributed by atoms with Crippen LogP contribution < -0.4 is 0 Å². The average Bonchev–Trinajstić information content (AvgIpc) is 2.37. The van der Waals surface area contributed by atoms with E-state index in [-0.39, 0.29) is 6.10 Å². The molecule has 0 aliphatic heterocycles. The van der Waals surface area contributed by atoms with Crippen molar-refractivity contribution in [2.75, 3.05) is 0 Å². The van der Waals surface area contributed by atoms with Gasteiger partial charge in [-0.05, 0) is 36.7 Å². The van der Waals surface area contributed by atoms with Crippen LogP contribution in [0.25, 0.3) is 0 Å². The van der Waals surface area contributed by atoms with Crippen molar-refractivity contribution < 1.29 is 5.11 Å². The van der Waals surface area contributed by atoms with Crippen LogP contribution in [0, 0.1) is 11.8 Å². The molecule has 2 bridgehead atoms. The average molecular weight is 124 g/mol. The van der Waals surface area contributed by atoms with Gasteiger partial charge in [0.1, 0.15) is 0 Å². The first-order chi connectivity index (χ1) is 4.29. The predicted octanol–water partition coefficient (Wildman–Crippen LogP) is 1.33. The molecular weight excluding hydrogens is 112 g/mol. The molecule has 2 rings (SSSR count). The van der Waals surface area contributed by atoms with Crippen molar-refractivity contribution in [1.82, 2.24) is 0 Å². The van der Waals surface area contributed by atoms with Crippen LogP contribution >= 0.6 is 0 Å². The van der Waals surface area contributed by atoms with Crippen molar-refractivity contribution in [2.45, 2.75) is 25.4 Å². The van der Waals surface area contributed by atoms with E-state index in [4.69, 9.17) is 0 Å². The molecule has 50 valence electrons. The molecule has 0 saturated heterocycles. The fourth-order valence-corrected chi connectivity index (χ4v) is 2.18. The van der Waals surface area contributed by atoms with Crippen molar-refractivity contribution >= 4 is 0 Å². The highest BCUT2D eigenvalue weighted by molar-refractivity contribution is 5.18. The van der Waals surface area contributed by atoms with Gasteiger partial charge >= 0.3 is 0 Å². The van der Waals surface area contributed by atoms with Crippen molar-refractivity contribution in [3.05, 3.63) is 12.2 Å². The summed E-state index contributed by atoms with van der Waals surface area (Å²) in [6.45, 7) is 3.87. The summed E-state index contributed by atoms with van der Waals surface area (Å²) in [5, 5.41) is 9.39. The van der Waals surface area contributed by atoms with Gasteiger partial charge in [0, 0.05) is 0 Å². The van der Waals surface area contributed by atoms with E-state index in [1.54, 1.807) is 0 Å². The SMILES string of the molecule is C=C1C2CCC(C2)C1O. The molecule has 3 atom stereocenters. The van der Waals surface area contributed by atoms with Gasteiger partial charge in [0.2, 0.25) is 0 Å². The molecule has 2 fully saturated rings. The summed E-state index contributed by atoms with van der Waals surface area (Å²) in [6, 6.07) is 0. The summed E-state index contributed by atoms with van der Waals surface area (Å²) < 4.78 is 0. The standard InChI is InChI=1S/C8H12O/c1-5-6-2-3-7(4-6)8(5)9/h6-9H,1-4H2. The minimum atomic E-state index is -0.149. The lowest BCUT2D eigenvalue weighted by molar-refractivity contribution is 0.154. The number of aliphatic hydroxyl groups is 1. The summed E-state index contributed by atoms with van der Waals surface area (Å²) in [5.41, 5.74) is 1.10. The van der Waals surface area contributed by atoms with Crippen LogP contribution in [-0.4, -0.2) is 11.2 Å². The van der Waals surface area contributed by atoms with E-state index in [1.165, 1.54) is 19.3 Å². The Morgan fingerprint density at radius 1 is 1.44 bits per heavy atom. The lowest BCUT2D eigenvalue weighted by Crippen LogP contribution is -2.17. The van der Waals surface area contributed by atoms with Crippen LogP contribution in [0.4, 0.5) is 0 Å². The smallest absolute Gasteiger partial charge is 0.0778 e. The number of rotatable bonds is 0. The topological polar surface area (TPSA) is 20.2 Å². The first kappa shape index (κ1) is 5.48. The number of fused-ring (bicyclic) bond motifs is 2. The van der Waals surface area contributed by atoms with Crippen LogP contribution in [0.3, 0.4) is 0 Å². The van der Waals surface area contributed by atoms with Crippen molar-refractivity contribution in [1.29, 1.82) is 0 Å². The maximum atomic E-state index is 9.39. The molecule has 9 heavy (non-hydrogen) atoms. The molecule has 1 N–H and O–H groups in total. The van der Waals surface area contributed by atoms with Gasteiger partial charge in [-0.2, -0.15) is 0 Å². The molecule has 0 aromatic heterocycles. The molecular formula is C8H12O. The van der Waals surface area contributed by atoms with Gasteiger partial charge in [-0.25, -0.2) is 0 Å². The largest absolute Gasteiger partial charge is 0.388 e. The van der Waals surface area contributed by atoms with Gasteiger partial charge < -0.3 is 5.11 Å². The van der Waals surface area contributed by atoms with E-state index < -0.39 is 0 Å². The fourth-order valence-electron chi connectivity index (χ4n) is 2.18. The van der Waals surface area contributed by atoms with Gasteiger partial charge in [-0.15, -0.1) is 0 Å². The van der Waals surface area contributed by atoms with E-state index in [9.17, 15) is 5.11 Å². The van der Waals surface area contributed by atoms with Crippen molar-refractivity contribution in [3.63, 3.8) is 0 Å². The fraction of sp³-hybridized carbons (Fsp3) is 0.750. The number of hydrogen-bond acceptors (Lipinski definition) is 1. The molecule has 0 spiro atoms. The molecule has 2 aliphatic carbocycles. The Labute approximate surface area is 55.4 Å². The molecule has 1 nitrogen and oxygen atoms in total. The zero-order valence-corrected chi connectivity index (χ0v) is 5.51. The zero-order valence-electron chi connectivity index (χ0n) is 5.51. The molecule has 0 heterocycles. The zero-order chi connectivity index (χ0) is 6.43. The Kier molecular flexibility index (Phi) is 0.974. The Hall–Kier alpha value is -0.300. The van der Waals surface area contributed by atoms with E-state index in [1.807, 2.05) is 0 Å². The monoisotopic (exact) mass is 124 g/mol. The third kappa shape index (κ3) is 0.584. The Morgan fingerprint density at radius 3 is 2.56 bits per heavy atom. The maximum absolute atomic E-state index is 9.39. The summed E-state index contributed by atoms with van der Waals surface area (Å²) in [6.07, 6.45) is 3.56. The maximum Gasteiger partial charge on any atom is 0.0778 e. The first-order valence-corrected chi connectivity index (χ1v) is 3.66. The minimum Gasteiger partial charge on any atom is -0.388 e. The third-order valence-corrected chi connectivity index (χ3v) is 2.82. The predicted molar refractivity (Wildman–Crippen MR) is 36.0 cm³/mol. The minimum absolute atomic E-state index is 0.149. The third-order valence-electron chi connectivity index (χ3n) is 2.82. The molecule has 0 radical (unpaired) electrons. The van der Waals surface area contributed by atoms with Gasteiger partial charge in [0.15, 0.2) is 0 Å². The summed E-state index contributed by atoms with van der Waals surface area (Å²) in [5.74, 6) is 1.24. The molecule has 0 aromatic carbocycles. The summed E-state index contributed by atoms with van der Waals surface area (Å²) in [7, 11) is 0. The van der Waals surface area contributed by atoms with Crippen LogP contribution in [0.2, 0.25) is 0 Å². The highest BCUT2D eigenvalue weighted by atomic mass is 16.3. The van der Waals surface area contributed by atoms with Crippen molar-refractivity contribution in [3.8, 4) is 0 Å². The van der Waals surface area contributed by atoms with E-state index in [2.05, 4.69) is 6.58 Å². The molecule has 0 amide bonds. The highest BCUT2D eigenvalue weighted by Gasteiger charge is 2.41. The summed E-state index contributed by atoms with van der Waals surface area (Å²) in [4.78, 5) is 0. The Bertz CT molecular complexity index is 147. The van der Waals surface area contributed by atoms with E-state index in [0.717, 1.165) is 5.57 Å². The second-order valence-corrected chi connectivity index (χ2v) is 3.29. The van der Waals surface area contributed by atoms with Gasteiger partial charge in [0.25, 0.3) is 0 Å². The van der Waals surface area contributed by atoms with Crippen LogP contribution in [0.1, 0.15) is 19.3 Å². The van der Waals surface area contributed by atoms with Gasteiger partial charge in [-0.1, -0.05) is 6.58 Å². The lowest BCUT2D eigenvalue weighted by atomic mass is 9.94. The number of aliphatic hydroxyl groups excluding tert-OH is 1. The molecule has 3 unspecified atom stereocenters. The molecule has 2 saturated carbocycles. The van der Waals surface area contributed by atoms with E-state index >= 15 is 0 Å². The second-order valence-electron chi connectivity index (χ2n) is 3.29. The van der Waals surface area contributed by atoms with Crippen LogP contribution in [-0.2, 0) is 0 Å². The van der Waals surface area contributed by atoms with Crippen LogP contribution in [0.15, 0.2) is 12.2 Å². The van der Waals surface area contributed by atoms with E-state index in [0.29, 0.717) is 11.8 Å². The normalized spacial score (nSPS) is 48.6. The summed E-state index contributed by atoms with van der Waals surface area (Å²) >= 11 is 0. The first-order valence-electron chi connectivity index (χ1n) is 3.66. The Morgan fingerprint density at radius 2 is 2.22 bits per heavy atom. The second kappa shape index (κ2) is 1.60. The quantitative estimate of drug-likeness (QED) is 0.483. The highest BCUT2D eigenvalue weighted by Crippen LogP contribution is 2.47. The van der Waals surface area contributed by atoms with Gasteiger partial charge in [0.05, 0.1) is 6.10 Å². The molecule has 1 heteroatoms. The Balaban J connectivity index is 2.25. The molecule has 2 aliphatic rings. The lowest BCUT2D eigenvalue weighted by Gasteiger charge is -2.17. The molecule has 0 aromatic rings. The number of hydrogen-bond donors (Lipinski definition) is 1.